The maximum atomic E-state index is 9.77. The molecule has 0 atom stereocenters. The normalized spacial score (nSPS) is 13.9. The van der Waals surface area contributed by atoms with E-state index in [1.54, 1.807) is 7.11 Å². The van der Waals surface area contributed by atoms with Crippen molar-refractivity contribution in [3.63, 3.8) is 0 Å². The van der Waals surface area contributed by atoms with E-state index in [4.69, 9.17) is 4.74 Å². The van der Waals surface area contributed by atoms with Gasteiger partial charge in [-0.15, -0.1) is 0 Å². The maximum absolute atomic E-state index is 9.77. The largest absolute Gasteiger partial charge is 0.504 e. The number of fused-ring (bicyclic) bond motifs is 1. The van der Waals surface area contributed by atoms with Gasteiger partial charge in [-0.3, -0.25) is 4.99 Å². The van der Waals surface area contributed by atoms with Crippen LogP contribution in [0.5, 0.6) is 11.5 Å². The van der Waals surface area contributed by atoms with Crippen LogP contribution in [0.2, 0.25) is 0 Å². The van der Waals surface area contributed by atoms with E-state index in [1.807, 2.05) is 19.2 Å². The van der Waals surface area contributed by atoms with E-state index in [2.05, 4.69) is 4.99 Å². The third kappa shape index (κ3) is 1.25. The Balaban J connectivity index is 2.64. The number of methoxy groups -OCH3 is 1. The number of phenols is 1. The van der Waals surface area contributed by atoms with Crippen molar-refractivity contribution < 1.29 is 9.84 Å². The van der Waals surface area contributed by atoms with Crippen molar-refractivity contribution in [2.75, 3.05) is 13.7 Å². The second kappa shape index (κ2) is 3.33. The number of nitrogens with zero attached hydrogens (tertiary/aromatic N) is 1. The van der Waals surface area contributed by atoms with Gasteiger partial charge >= 0.3 is 0 Å². The maximum Gasteiger partial charge on any atom is 0.161 e. The molecule has 0 aliphatic carbocycles. The SMILES string of the molecule is COc1cc2c(c(C)c1O)C=NCC2. The van der Waals surface area contributed by atoms with Crippen LogP contribution in [-0.2, 0) is 6.42 Å². The minimum Gasteiger partial charge on any atom is -0.504 e. The summed E-state index contributed by atoms with van der Waals surface area (Å²) in [5.41, 5.74) is 3.09. The van der Waals surface area contributed by atoms with Crippen LogP contribution in [0.3, 0.4) is 0 Å². The van der Waals surface area contributed by atoms with Crippen LogP contribution >= 0.6 is 0 Å². The van der Waals surface area contributed by atoms with Crippen molar-refractivity contribution in [3.05, 3.63) is 22.8 Å². The van der Waals surface area contributed by atoms with Gasteiger partial charge in [-0.1, -0.05) is 0 Å². The molecule has 1 heterocycles. The van der Waals surface area contributed by atoms with E-state index in [-0.39, 0.29) is 5.75 Å². The predicted molar refractivity (Wildman–Crippen MR) is 55.6 cm³/mol. The number of ether oxygens (including phenoxy) is 1. The van der Waals surface area contributed by atoms with Crippen LogP contribution < -0.4 is 4.74 Å². The van der Waals surface area contributed by atoms with Crippen molar-refractivity contribution in [1.29, 1.82) is 0 Å². The third-order valence-electron chi connectivity index (χ3n) is 2.59. The van der Waals surface area contributed by atoms with Gasteiger partial charge in [0, 0.05) is 23.9 Å². The van der Waals surface area contributed by atoms with Gasteiger partial charge in [0.2, 0.25) is 0 Å². The molecule has 0 amide bonds. The van der Waals surface area contributed by atoms with Crippen molar-refractivity contribution in [3.8, 4) is 11.5 Å². The fourth-order valence-electron chi connectivity index (χ4n) is 1.74. The van der Waals surface area contributed by atoms with E-state index < -0.39 is 0 Å². The number of rotatable bonds is 1. The molecule has 3 nitrogen and oxygen atoms in total. The van der Waals surface area contributed by atoms with Crippen molar-refractivity contribution in [1.82, 2.24) is 0 Å². The highest BCUT2D eigenvalue weighted by molar-refractivity contribution is 5.86. The van der Waals surface area contributed by atoms with Gasteiger partial charge in [0.15, 0.2) is 11.5 Å². The number of hydrogen-bond acceptors (Lipinski definition) is 3. The summed E-state index contributed by atoms with van der Waals surface area (Å²) >= 11 is 0. The molecule has 1 aliphatic heterocycles. The van der Waals surface area contributed by atoms with Crippen molar-refractivity contribution in [2.24, 2.45) is 4.99 Å². The number of aliphatic imine (C=N–C) groups is 1. The quantitative estimate of drug-likeness (QED) is 0.733. The van der Waals surface area contributed by atoms with Crippen molar-refractivity contribution in [2.45, 2.75) is 13.3 Å². The van der Waals surface area contributed by atoms with E-state index in [1.165, 1.54) is 5.56 Å². The molecule has 0 aromatic heterocycles. The highest BCUT2D eigenvalue weighted by Gasteiger charge is 2.15. The van der Waals surface area contributed by atoms with Crippen LogP contribution in [0.4, 0.5) is 0 Å². The Hall–Kier alpha value is -1.51. The first-order valence-electron chi connectivity index (χ1n) is 4.63. The van der Waals surface area contributed by atoms with Crippen LogP contribution in [0.1, 0.15) is 16.7 Å². The number of benzene rings is 1. The highest BCUT2D eigenvalue weighted by atomic mass is 16.5. The summed E-state index contributed by atoms with van der Waals surface area (Å²) in [6.45, 7) is 2.70. The zero-order chi connectivity index (χ0) is 10.1. The van der Waals surface area contributed by atoms with Gasteiger partial charge in [-0.05, 0) is 25.0 Å². The monoisotopic (exact) mass is 191 g/mol. The molecule has 0 radical (unpaired) electrons. The summed E-state index contributed by atoms with van der Waals surface area (Å²) in [6, 6.07) is 1.89. The topological polar surface area (TPSA) is 41.8 Å². The Bertz CT molecular complexity index is 397. The lowest BCUT2D eigenvalue weighted by atomic mass is 9.97. The van der Waals surface area contributed by atoms with Crippen LogP contribution in [0.25, 0.3) is 0 Å². The zero-order valence-electron chi connectivity index (χ0n) is 8.37. The molecule has 0 spiro atoms. The van der Waals surface area contributed by atoms with Gasteiger partial charge in [0.25, 0.3) is 0 Å². The van der Waals surface area contributed by atoms with Gasteiger partial charge in [-0.2, -0.15) is 0 Å². The van der Waals surface area contributed by atoms with E-state index >= 15 is 0 Å². The molecular weight excluding hydrogens is 178 g/mol. The summed E-state index contributed by atoms with van der Waals surface area (Å²) in [6.07, 6.45) is 2.75. The second-order valence-electron chi connectivity index (χ2n) is 3.41. The molecule has 1 aromatic carbocycles. The molecule has 1 N–H and O–H groups in total. The molecule has 74 valence electrons. The first-order chi connectivity index (χ1) is 6.74. The molecule has 0 bridgehead atoms. The smallest absolute Gasteiger partial charge is 0.161 e. The standard InChI is InChI=1S/C11H13NO2/c1-7-9-6-12-4-3-8(9)5-10(14-2)11(7)13/h5-6,13H,3-4H2,1-2H3. The van der Waals surface area contributed by atoms with Gasteiger partial charge in [0.1, 0.15) is 0 Å². The highest BCUT2D eigenvalue weighted by Crippen LogP contribution is 2.34. The minimum absolute atomic E-state index is 0.222. The molecule has 0 unspecified atom stereocenters. The second-order valence-corrected chi connectivity index (χ2v) is 3.41. The molecule has 3 heteroatoms. The van der Waals surface area contributed by atoms with Gasteiger partial charge in [-0.25, -0.2) is 0 Å². The molecular formula is C11H13NO2. The molecule has 0 saturated heterocycles. The third-order valence-corrected chi connectivity index (χ3v) is 2.59. The average Bonchev–Trinajstić information content (AvgIpc) is 2.23. The molecule has 1 aromatic rings. The Labute approximate surface area is 83.1 Å². The minimum atomic E-state index is 0.222. The van der Waals surface area contributed by atoms with Gasteiger partial charge < -0.3 is 9.84 Å². The molecule has 14 heavy (non-hydrogen) atoms. The summed E-state index contributed by atoms with van der Waals surface area (Å²) < 4.78 is 5.10. The van der Waals surface area contributed by atoms with Crippen LogP contribution in [0, 0.1) is 6.92 Å². The summed E-state index contributed by atoms with van der Waals surface area (Å²) in [5, 5.41) is 9.77. The van der Waals surface area contributed by atoms with Crippen LogP contribution in [0.15, 0.2) is 11.1 Å². The predicted octanol–water partition coefficient (Wildman–Crippen LogP) is 1.68. The number of hydrogen-bond donors (Lipinski definition) is 1. The molecule has 0 fully saturated rings. The fraction of sp³-hybridized carbons (Fsp3) is 0.364. The Morgan fingerprint density at radius 2 is 2.29 bits per heavy atom. The Morgan fingerprint density at radius 1 is 1.50 bits per heavy atom. The van der Waals surface area contributed by atoms with E-state index in [9.17, 15) is 5.11 Å². The Morgan fingerprint density at radius 3 is 3.00 bits per heavy atom. The van der Waals surface area contributed by atoms with Crippen molar-refractivity contribution >= 4 is 6.21 Å². The van der Waals surface area contributed by atoms with E-state index in [0.29, 0.717) is 5.75 Å². The Kier molecular flexibility index (Phi) is 2.15. The lowest BCUT2D eigenvalue weighted by molar-refractivity contribution is 0.371. The summed E-state index contributed by atoms with van der Waals surface area (Å²) in [5.74, 6) is 0.774. The fourth-order valence-corrected chi connectivity index (χ4v) is 1.74. The number of phenolic OH excluding ortho intramolecular Hbond substituents is 1. The number of aromatic hydroxyl groups is 1. The van der Waals surface area contributed by atoms with E-state index in [0.717, 1.165) is 24.1 Å². The van der Waals surface area contributed by atoms with Gasteiger partial charge in [0.05, 0.1) is 7.11 Å². The zero-order valence-corrected chi connectivity index (χ0v) is 8.37. The summed E-state index contributed by atoms with van der Waals surface area (Å²) in [7, 11) is 1.57. The van der Waals surface area contributed by atoms with Crippen LogP contribution in [-0.4, -0.2) is 25.0 Å². The molecule has 0 saturated carbocycles. The lowest BCUT2D eigenvalue weighted by Gasteiger charge is -2.16. The average molecular weight is 191 g/mol. The lowest BCUT2D eigenvalue weighted by Crippen LogP contribution is -2.05. The summed E-state index contributed by atoms with van der Waals surface area (Å²) in [4.78, 5) is 4.20. The first kappa shape index (κ1) is 9.06. The molecule has 2 rings (SSSR count). The first-order valence-corrected chi connectivity index (χ1v) is 4.63. The molecule has 1 aliphatic rings.